The lowest BCUT2D eigenvalue weighted by Crippen LogP contribution is -2.32. The van der Waals surface area contributed by atoms with E-state index in [4.69, 9.17) is 11.6 Å². The molecule has 0 fully saturated rings. The molecular formula is C18H19ClN4O2S. The minimum atomic E-state index is -0.240. The molecule has 0 aliphatic heterocycles. The number of rotatable bonds is 5. The maximum Gasteiger partial charge on any atom is 0.266 e. The lowest BCUT2D eigenvalue weighted by molar-refractivity contribution is 0.0743. The van der Waals surface area contributed by atoms with Crippen molar-refractivity contribution in [2.45, 2.75) is 33.7 Å². The summed E-state index contributed by atoms with van der Waals surface area (Å²) in [6.07, 6.45) is 0.798. The van der Waals surface area contributed by atoms with E-state index >= 15 is 0 Å². The van der Waals surface area contributed by atoms with Gasteiger partial charge in [-0.25, -0.2) is 9.97 Å². The van der Waals surface area contributed by atoms with Gasteiger partial charge in [-0.2, -0.15) is 0 Å². The molecule has 2 aromatic heterocycles. The van der Waals surface area contributed by atoms with E-state index in [9.17, 15) is 9.59 Å². The van der Waals surface area contributed by atoms with Crippen LogP contribution >= 0.6 is 22.9 Å². The van der Waals surface area contributed by atoms with Crippen LogP contribution in [0.2, 0.25) is 5.02 Å². The largest absolute Gasteiger partial charge is 0.330 e. The second kappa shape index (κ2) is 7.55. The van der Waals surface area contributed by atoms with Crippen molar-refractivity contribution in [3.63, 3.8) is 0 Å². The summed E-state index contributed by atoms with van der Waals surface area (Å²) in [5.41, 5.74) is 1.01. The van der Waals surface area contributed by atoms with Gasteiger partial charge in [-0.15, -0.1) is 11.3 Å². The molecule has 1 amide bonds. The molecule has 0 aliphatic carbocycles. The summed E-state index contributed by atoms with van der Waals surface area (Å²) >= 11 is 7.39. The van der Waals surface area contributed by atoms with Gasteiger partial charge in [0, 0.05) is 11.6 Å². The number of aromatic amines is 1. The first-order valence-corrected chi connectivity index (χ1v) is 9.50. The Morgan fingerprint density at radius 2 is 2.08 bits per heavy atom. The van der Waals surface area contributed by atoms with Crippen molar-refractivity contribution < 1.29 is 4.79 Å². The van der Waals surface area contributed by atoms with Gasteiger partial charge in [0.2, 0.25) is 0 Å². The summed E-state index contributed by atoms with van der Waals surface area (Å²) < 4.78 is 0. The van der Waals surface area contributed by atoms with E-state index in [1.54, 1.807) is 23.1 Å². The fourth-order valence-electron chi connectivity index (χ4n) is 2.81. The van der Waals surface area contributed by atoms with E-state index in [-0.39, 0.29) is 18.0 Å². The van der Waals surface area contributed by atoms with Gasteiger partial charge < -0.3 is 9.88 Å². The smallest absolute Gasteiger partial charge is 0.266 e. The Hall–Kier alpha value is -2.25. The number of amides is 1. The molecule has 8 heteroatoms. The number of halogens is 1. The summed E-state index contributed by atoms with van der Waals surface area (Å²) in [6.45, 7) is 6.50. The molecule has 1 N–H and O–H groups in total. The van der Waals surface area contributed by atoms with Crippen molar-refractivity contribution in [2.24, 2.45) is 0 Å². The van der Waals surface area contributed by atoms with Gasteiger partial charge in [0.1, 0.15) is 10.7 Å². The molecule has 1 aromatic carbocycles. The summed E-state index contributed by atoms with van der Waals surface area (Å²) in [5, 5.41) is 1.84. The van der Waals surface area contributed by atoms with Crippen molar-refractivity contribution in [1.29, 1.82) is 0 Å². The lowest BCUT2D eigenvalue weighted by atomic mass is 10.2. The van der Waals surface area contributed by atoms with Crippen molar-refractivity contribution in [3.05, 3.63) is 55.0 Å². The van der Waals surface area contributed by atoms with Gasteiger partial charge in [0.15, 0.2) is 0 Å². The molecule has 3 aromatic rings. The third kappa shape index (κ3) is 3.78. The van der Waals surface area contributed by atoms with Gasteiger partial charge in [0.25, 0.3) is 11.5 Å². The van der Waals surface area contributed by atoms with E-state index in [0.717, 1.165) is 17.1 Å². The standard InChI is InChI=1S/C18H19ClN4O2S/c1-4-7-23(18(25)16-10(2)20-11(3)26-16)9-15-21-14-8-12(19)5-6-13(14)17(24)22-15/h5-6,8H,4,7,9H2,1-3H3,(H,21,22,24). The Morgan fingerprint density at radius 3 is 2.73 bits per heavy atom. The summed E-state index contributed by atoms with van der Waals surface area (Å²) in [4.78, 5) is 39.1. The predicted octanol–water partition coefficient (Wildman–Crippen LogP) is 3.70. The number of fused-ring (bicyclic) bond motifs is 1. The fraction of sp³-hybridized carbons (Fsp3) is 0.333. The number of hydrogen-bond donors (Lipinski definition) is 1. The number of nitrogens with one attached hydrogen (secondary N) is 1. The quantitative estimate of drug-likeness (QED) is 0.720. The zero-order valence-electron chi connectivity index (χ0n) is 14.8. The van der Waals surface area contributed by atoms with Crippen LogP contribution in [0.5, 0.6) is 0 Å². The van der Waals surface area contributed by atoms with Crippen LogP contribution in [0.4, 0.5) is 0 Å². The maximum atomic E-state index is 12.9. The first-order chi connectivity index (χ1) is 12.4. The van der Waals surface area contributed by atoms with Gasteiger partial charge >= 0.3 is 0 Å². The number of hydrogen-bond acceptors (Lipinski definition) is 5. The maximum absolute atomic E-state index is 12.9. The Morgan fingerprint density at radius 1 is 1.31 bits per heavy atom. The normalized spacial score (nSPS) is 11.1. The summed E-state index contributed by atoms with van der Waals surface area (Å²) in [7, 11) is 0. The summed E-state index contributed by atoms with van der Waals surface area (Å²) in [6, 6.07) is 4.95. The third-order valence-corrected chi connectivity index (χ3v) is 5.23. The number of H-pyrrole nitrogens is 1. The molecule has 2 heterocycles. The van der Waals surface area contributed by atoms with E-state index in [1.807, 2.05) is 20.8 Å². The Balaban J connectivity index is 1.95. The van der Waals surface area contributed by atoms with Crippen molar-refractivity contribution in [2.75, 3.05) is 6.54 Å². The molecule has 0 saturated heterocycles. The van der Waals surface area contributed by atoms with Crippen molar-refractivity contribution in [3.8, 4) is 0 Å². The van der Waals surface area contributed by atoms with Crippen molar-refractivity contribution >= 4 is 39.7 Å². The van der Waals surface area contributed by atoms with Crippen LogP contribution in [0, 0.1) is 13.8 Å². The minimum Gasteiger partial charge on any atom is -0.330 e. The van der Waals surface area contributed by atoms with Crippen LogP contribution in [0.1, 0.15) is 39.5 Å². The van der Waals surface area contributed by atoms with Crippen molar-refractivity contribution in [1.82, 2.24) is 19.9 Å². The van der Waals surface area contributed by atoms with E-state index in [0.29, 0.717) is 33.2 Å². The molecule has 0 saturated carbocycles. The number of thiazole rings is 1. The number of carbonyl (C=O) groups excluding carboxylic acids is 1. The average Bonchev–Trinajstić information content (AvgIpc) is 2.91. The average molecular weight is 391 g/mol. The van der Waals surface area contributed by atoms with Crippen LogP contribution in [0.3, 0.4) is 0 Å². The molecule has 136 valence electrons. The highest BCUT2D eigenvalue weighted by atomic mass is 35.5. The number of carbonyl (C=O) groups is 1. The second-order valence-electron chi connectivity index (χ2n) is 6.05. The highest BCUT2D eigenvalue weighted by molar-refractivity contribution is 7.13. The monoisotopic (exact) mass is 390 g/mol. The predicted molar refractivity (Wildman–Crippen MR) is 104 cm³/mol. The Labute approximate surface area is 159 Å². The van der Waals surface area contributed by atoms with Crippen LogP contribution in [0.25, 0.3) is 10.9 Å². The number of aromatic nitrogens is 3. The first kappa shape index (κ1) is 18.5. The van der Waals surface area contributed by atoms with Crippen LogP contribution < -0.4 is 5.56 Å². The molecule has 0 unspecified atom stereocenters. The zero-order valence-corrected chi connectivity index (χ0v) is 16.4. The number of benzene rings is 1. The lowest BCUT2D eigenvalue weighted by Gasteiger charge is -2.21. The van der Waals surface area contributed by atoms with Gasteiger partial charge in [0.05, 0.1) is 28.1 Å². The number of aryl methyl sites for hydroxylation is 2. The zero-order chi connectivity index (χ0) is 18.8. The van der Waals surface area contributed by atoms with Gasteiger partial charge in [-0.1, -0.05) is 18.5 Å². The molecule has 6 nitrogen and oxygen atoms in total. The SMILES string of the molecule is CCCN(Cc1nc2cc(Cl)ccc2c(=O)[nH]1)C(=O)c1sc(C)nc1C. The highest BCUT2D eigenvalue weighted by Gasteiger charge is 2.21. The first-order valence-electron chi connectivity index (χ1n) is 8.30. The molecule has 0 spiro atoms. The Bertz CT molecular complexity index is 1030. The van der Waals surface area contributed by atoms with Gasteiger partial charge in [-0.3, -0.25) is 9.59 Å². The third-order valence-electron chi connectivity index (χ3n) is 3.94. The van der Waals surface area contributed by atoms with Crippen LogP contribution in [-0.2, 0) is 6.54 Å². The minimum absolute atomic E-state index is 0.0937. The van der Waals surface area contributed by atoms with Gasteiger partial charge in [-0.05, 0) is 38.5 Å². The molecule has 0 bridgehead atoms. The molecule has 0 radical (unpaired) electrons. The second-order valence-corrected chi connectivity index (χ2v) is 7.69. The molecule has 3 rings (SSSR count). The summed E-state index contributed by atoms with van der Waals surface area (Å²) in [5.74, 6) is 0.342. The molecular weight excluding hydrogens is 372 g/mol. The Kier molecular flexibility index (Phi) is 5.38. The number of nitrogens with zero attached hydrogens (tertiary/aromatic N) is 3. The van der Waals surface area contributed by atoms with Crippen LogP contribution in [0.15, 0.2) is 23.0 Å². The topological polar surface area (TPSA) is 79.0 Å². The molecule has 0 atom stereocenters. The van der Waals surface area contributed by atoms with Crippen LogP contribution in [-0.4, -0.2) is 32.3 Å². The van der Waals surface area contributed by atoms with E-state index in [1.165, 1.54) is 11.3 Å². The molecule has 26 heavy (non-hydrogen) atoms. The van der Waals surface area contributed by atoms with E-state index in [2.05, 4.69) is 15.0 Å². The fourth-order valence-corrected chi connectivity index (χ4v) is 3.87. The van der Waals surface area contributed by atoms with E-state index < -0.39 is 0 Å². The highest BCUT2D eigenvalue weighted by Crippen LogP contribution is 2.21. The molecule has 0 aliphatic rings.